The Balaban J connectivity index is 1.58. The molecule has 4 aromatic rings. The molecule has 140 valence electrons. The lowest BCUT2D eigenvalue weighted by Crippen LogP contribution is -2.11. The monoisotopic (exact) mass is 407 g/mol. The molecule has 1 aromatic carbocycles. The average molecular weight is 408 g/mol. The van der Waals surface area contributed by atoms with Crippen LogP contribution in [0.5, 0.6) is 5.75 Å². The minimum atomic E-state index is -0.220. The maximum absolute atomic E-state index is 12.9. The van der Waals surface area contributed by atoms with E-state index in [1.54, 1.807) is 12.4 Å². The van der Waals surface area contributed by atoms with Crippen molar-refractivity contribution in [2.75, 3.05) is 11.9 Å². The Morgan fingerprint density at radius 3 is 2.71 bits per heavy atom. The summed E-state index contributed by atoms with van der Waals surface area (Å²) in [4.78, 5) is 23.0. The summed E-state index contributed by atoms with van der Waals surface area (Å²) < 4.78 is 5.70. The van der Waals surface area contributed by atoms with Gasteiger partial charge < -0.3 is 4.74 Å². The van der Waals surface area contributed by atoms with Gasteiger partial charge in [-0.2, -0.15) is 0 Å². The number of pyridine rings is 1. The first-order chi connectivity index (χ1) is 13.7. The number of carbonyl (C=O) groups excluding carboxylic acids is 1. The van der Waals surface area contributed by atoms with Crippen LogP contribution in [0.3, 0.4) is 0 Å². The molecule has 4 rings (SSSR count). The van der Waals surface area contributed by atoms with Crippen molar-refractivity contribution in [1.82, 2.24) is 9.97 Å². The number of thiazole rings is 1. The summed E-state index contributed by atoms with van der Waals surface area (Å²) in [5, 5.41) is 5.34. The summed E-state index contributed by atoms with van der Waals surface area (Å²) in [7, 11) is 0. The van der Waals surface area contributed by atoms with Gasteiger partial charge in [0, 0.05) is 28.2 Å². The van der Waals surface area contributed by atoms with Crippen LogP contribution in [0.2, 0.25) is 0 Å². The van der Waals surface area contributed by atoms with E-state index in [0.717, 1.165) is 21.7 Å². The van der Waals surface area contributed by atoms with Crippen molar-refractivity contribution in [3.05, 3.63) is 71.2 Å². The van der Waals surface area contributed by atoms with Crippen LogP contribution in [0, 0.1) is 0 Å². The van der Waals surface area contributed by atoms with Gasteiger partial charge in [0.2, 0.25) is 0 Å². The predicted molar refractivity (Wildman–Crippen MR) is 114 cm³/mol. The average Bonchev–Trinajstić information content (AvgIpc) is 3.37. The summed E-state index contributed by atoms with van der Waals surface area (Å²) in [6.45, 7) is 2.40. The fraction of sp³-hybridized carbons (Fsp3) is 0.0952. The zero-order valence-electron chi connectivity index (χ0n) is 15.1. The van der Waals surface area contributed by atoms with Crippen LogP contribution in [0.15, 0.2) is 66.3 Å². The van der Waals surface area contributed by atoms with Gasteiger partial charge in [0.1, 0.15) is 10.6 Å². The number of nitrogens with one attached hydrogen (secondary N) is 1. The van der Waals surface area contributed by atoms with E-state index in [1.165, 1.54) is 22.7 Å². The lowest BCUT2D eigenvalue weighted by molar-refractivity contribution is 0.102. The summed E-state index contributed by atoms with van der Waals surface area (Å²) >= 11 is 2.80. The van der Waals surface area contributed by atoms with Crippen LogP contribution in [0.4, 0.5) is 5.13 Å². The molecule has 0 saturated carbocycles. The molecule has 0 atom stereocenters. The number of anilines is 1. The Hall–Kier alpha value is -3.03. The Morgan fingerprint density at radius 1 is 1.14 bits per heavy atom. The lowest BCUT2D eigenvalue weighted by Gasteiger charge is -2.04. The number of rotatable bonds is 6. The largest absolute Gasteiger partial charge is 0.492 e. The fourth-order valence-electron chi connectivity index (χ4n) is 2.67. The van der Waals surface area contributed by atoms with E-state index >= 15 is 0 Å². The maximum atomic E-state index is 12.9. The summed E-state index contributed by atoms with van der Waals surface area (Å²) in [5.41, 5.74) is 2.76. The standard InChI is InChI=1S/C21H17N3O2S2/c1-2-26-17-11-18(14-7-4-3-5-8-14)28-19(17)20(25)24-21-23-16(13-27-21)15-9-6-10-22-12-15/h3-13H,2H2,1H3,(H,23,24,25). The second kappa shape index (κ2) is 8.33. The Bertz CT molecular complexity index is 1080. The van der Waals surface area contributed by atoms with Crippen molar-refractivity contribution in [3.8, 4) is 27.4 Å². The normalized spacial score (nSPS) is 10.6. The van der Waals surface area contributed by atoms with Gasteiger partial charge in [-0.3, -0.25) is 15.1 Å². The third-order valence-electron chi connectivity index (χ3n) is 3.94. The molecule has 5 nitrogen and oxygen atoms in total. The number of hydrogen-bond donors (Lipinski definition) is 1. The molecule has 0 aliphatic heterocycles. The number of thiophene rings is 1. The van der Waals surface area contributed by atoms with E-state index in [1.807, 2.05) is 60.8 Å². The first-order valence-electron chi connectivity index (χ1n) is 8.74. The molecule has 0 unspecified atom stereocenters. The third kappa shape index (κ3) is 3.95. The quantitative estimate of drug-likeness (QED) is 0.453. The second-order valence-corrected chi connectivity index (χ2v) is 7.75. The Morgan fingerprint density at radius 2 is 1.96 bits per heavy atom. The molecule has 0 radical (unpaired) electrons. The number of carbonyl (C=O) groups is 1. The molecule has 0 aliphatic rings. The number of benzene rings is 1. The minimum Gasteiger partial charge on any atom is -0.492 e. The Kier molecular flexibility index (Phi) is 5.45. The molecular weight excluding hydrogens is 390 g/mol. The van der Waals surface area contributed by atoms with Gasteiger partial charge in [0.05, 0.1) is 12.3 Å². The minimum absolute atomic E-state index is 0.220. The first kappa shape index (κ1) is 18.3. The van der Waals surface area contributed by atoms with Crippen LogP contribution in [-0.2, 0) is 0 Å². The van der Waals surface area contributed by atoms with E-state index in [0.29, 0.717) is 22.4 Å². The topological polar surface area (TPSA) is 64.1 Å². The van der Waals surface area contributed by atoms with Crippen molar-refractivity contribution in [3.63, 3.8) is 0 Å². The van der Waals surface area contributed by atoms with E-state index < -0.39 is 0 Å². The van der Waals surface area contributed by atoms with Crippen molar-refractivity contribution in [1.29, 1.82) is 0 Å². The number of aromatic nitrogens is 2. The summed E-state index contributed by atoms with van der Waals surface area (Å²) in [5.74, 6) is 0.371. The SMILES string of the molecule is CCOc1cc(-c2ccccc2)sc1C(=O)Nc1nc(-c2cccnc2)cs1. The highest BCUT2D eigenvalue weighted by Crippen LogP contribution is 2.37. The van der Waals surface area contributed by atoms with Crippen LogP contribution in [0.25, 0.3) is 21.7 Å². The molecule has 0 spiro atoms. The molecule has 0 fully saturated rings. The molecule has 28 heavy (non-hydrogen) atoms. The number of nitrogens with zero attached hydrogens (tertiary/aromatic N) is 2. The highest BCUT2D eigenvalue weighted by atomic mass is 32.1. The predicted octanol–water partition coefficient (Wildman–Crippen LogP) is 5.58. The first-order valence-corrected chi connectivity index (χ1v) is 10.4. The Labute approximate surface area is 170 Å². The number of amides is 1. The van der Waals surface area contributed by atoms with Gasteiger partial charge in [0.15, 0.2) is 5.13 Å². The molecule has 0 aliphatic carbocycles. The van der Waals surface area contributed by atoms with Crippen molar-refractivity contribution >= 4 is 33.7 Å². The van der Waals surface area contributed by atoms with Gasteiger partial charge in [-0.05, 0) is 30.7 Å². The van der Waals surface area contributed by atoms with E-state index in [-0.39, 0.29) is 5.91 Å². The summed E-state index contributed by atoms with van der Waals surface area (Å²) in [6, 6.07) is 15.7. The van der Waals surface area contributed by atoms with E-state index in [9.17, 15) is 4.79 Å². The molecule has 0 saturated heterocycles. The molecule has 1 N–H and O–H groups in total. The smallest absolute Gasteiger partial charge is 0.271 e. The van der Waals surface area contributed by atoms with Crippen molar-refractivity contribution < 1.29 is 9.53 Å². The fourth-order valence-corrected chi connectivity index (χ4v) is 4.39. The maximum Gasteiger partial charge on any atom is 0.271 e. The van der Waals surface area contributed by atoms with E-state index in [2.05, 4.69) is 15.3 Å². The molecule has 7 heteroatoms. The van der Waals surface area contributed by atoms with Crippen LogP contribution >= 0.6 is 22.7 Å². The van der Waals surface area contributed by atoms with Gasteiger partial charge >= 0.3 is 0 Å². The van der Waals surface area contributed by atoms with Gasteiger partial charge in [-0.1, -0.05) is 30.3 Å². The number of hydrogen-bond acceptors (Lipinski definition) is 6. The zero-order chi connectivity index (χ0) is 19.3. The van der Waals surface area contributed by atoms with Crippen LogP contribution in [0.1, 0.15) is 16.6 Å². The highest BCUT2D eigenvalue weighted by Gasteiger charge is 2.19. The number of ether oxygens (including phenoxy) is 1. The van der Waals surface area contributed by atoms with Gasteiger partial charge in [-0.25, -0.2) is 4.98 Å². The molecule has 3 heterocycles. The zero-order valence-corrected chi connectivity index (χ0v) is 16.7. The van der Waals surface area contributed by atoms with Crippen LogP contribution in [-0.4, -0.2) is 22.5 Å². The highest BCUT2D eigenvalue weighted by molar-refractivity contribution is 7.18. The summed E-state index contributed by atoms with van der Waals surface area (Å²) in [6.07, 6.45) is 3.47. The van der Waals surface area contributed by atoms with Crippen molar-refractivity contribution in [2.24, 2.45) is 0 Å². The van der Waals surface area contributed by atoms with Gasteiger partial charge in [0.25, 0.3) is 5.91 Å². The molecule has 1 amide bonds. The van der Waals surface area contributed by atoms with Crippen molar-refractivity contribution in [2.45, 2.75) is 6.92 Å². The molecular formula is C21H17N3O2S2. The van der Waals surface area contributed by atoms with E-state index in [4.69, 9.17) is 4.74 Å². The molecule has 0 bridgehead atoms. The van der Waals surface area contributed by atoms with Crippen LogP contribution < -0.4 is 10.1 Å². The third-order valence-corrected chi connectivity index (χ3v) is 5.87. The lowest BCUT2D eigenvalue weighted by atomic mass is 10.2. The second-order valence-electron chi connectivity index (χ2n) is 5.84. The molecule has 3 aromatic heterocycles. The van der Waals surface area contributed by atoms with Gasteiger partial charge in [-0.15, -0.1) is 22.7 Å².